The van der Waals surface area contributed by atoms with Crippen LogP contribution in [0, 0.1) is 0 Å². The molecule has 7 nitrogen and oxygen atoms in total. The van der Waals surface area contributed by atoms with Crippen molar-refractivity contribution in [2.45, 2.75) is 0 Å². The normalized spacial score (nSPS) is 18.7. The number of para-hydroxylation sites is 3. The first-order valence-corrected chi connectivity index (χ1v) is 10.1. The SMILES string of the molecule is COc1ccccc1NC(=O)C[NH+]1CC[NH+](CC(=O)Nc2ccccc2Cl)CC1. The molecule has 1 aliphatic heterocycles. The lowest BCUT2D eigenvalue weighted by molar-refractivity contribution is -1.00. The summed E-state index contributed by atoms with van der Waals surface area (Å²) in [6, 6.07) is 14.6. The first kappa shape index (κ1) is 21.1. The van der Waals surface area contributed by atoms with E-state index in [-0.39, 0.29) is 11.8 Å². The number of methoxy groups -OCH3 is 1. The Bertz CT molecular complexity index is 853. The maximum Gasteiger partial charge on any atom is 0.279 e. The minimum Gasteiger partial charge on any atom is -0.495 e. The molecular formula is C21H27ClN4O3+2. The fourth-order valence-electron chi connectivity index (χ4n) is 3.46. The summed E-state index contributed by atoms with van der Waals surface area (Å²) in [7, 11) is 1.58. The zero-order valence-electron chi connectivity index (χ0n) is 16.5. The van der Waals surface area contributed by atoms with Gasteiger partial charge >= 0.3 is 0 Å². The second-order valence-corrected chi connectivity index (χ2v) is 7.54. The number of hydrogen-bond acceptors (Lipinski definition) is 3. The Morgan fingerprint density at radius 1 is 0.862 bits per heavy atom. The molecule has 2 amide bonds. The van der Waals surface area contributed by atoms with E-state index < -0.39 is 0 Å². The minimum atomic E-state index is -0.0505. The second-order valence-electron chi connectivity index (χ2n) is 7.13. The van der Waals surface area contributed by atoms with Crippen molar-refractivity contribution in [2.24, 2.45) is 0 Å². The number of quaternary nitrogens is 2. The van der Waals surface area contributed by atoms with Gasteiger partial charge in [0.25, 0.3) is 11.8 Å². The number of halogens is 1. The average Bonchev–Trinajstić information content (AvgIpc) is 2.71. The number of rotatable bonds is 7. The molecule has 2 aromatic rings. The highest BCUT2D eigenvalue weighted by atomic mass is 35.5. The lowest BCUT2D eigenvalue weighted by Gasteiger charge is -2.29. The molecule has 4 N–H and O–H groups in total. The summed E-state index contributed by atoms with van der Waals surface area (Å²) in [6.07, 6.45) is 0. The van der Waals surface area contributed by atoms with Crippen molar-refractivity contribution in [3.63, 3.8) is 0 Å². The Kier molecular flexibility index (Phi) is 7.46. The lowest BCUT2D eigenvalue weighted by atomic mass is 10.2. The van der Waals surface area contributed by atoms with Crippen LogP contribution >= 0.6 is 11.6 Å². The number of ether oxygens (including phenoxy) is 1. The van der Waals surface area contributed by atoms with Crippen molar-refractivity contribution in [2.75, 3.05) is 57.0 Å². The van der Waals surface area contributed by atoms with Crippen molar-refractivity contribution < 1.29 is 24.1 Å². The summed E-state index contributed by atoms with van der Waals surface area (Å²) >= 11 is 6.09. The van der Waals surface area contributed by atoms with Gasteiger partial charge in [-0.15, -0.1) is 0 Å². The Morgan fingerprint density at radius 3 is 1.90 bits per heavy atom. The molecular weight excluding hydrogens is 392 g/mol. The van der Waals surface area contributed by atoms with Gasteiger partial charge in [0.05, 0.1) is 23.5 Å². The van der Waals surface area contributed by atoms with Gasteiger partial charge in [0, 0.05) is 0 Å². The van der Waals surface area contributed by atoms with E-state index in [2.05, 4.69) is 10.6 Å². The minimum absolute atomic E-state index is 0.0376. The molecule has 0 spiro atoms. The molecule has 3 rings (SSSR count). The molecule has 0 aromatic heterocycles. The summed E-state index contributed by atoms with van der Waals surface area (Å²) in [6.45, 7) is 4.16. The molecule has 0 bridgehead atoms. The molecule has 29 heavy (non-hydrogen) atoms. The van der Waals surface area contributed by atoms with E-state index in [1.165, 1.54) is 9.80 Å². The molecule has 0 saturated carbocycles. The number of benzene rings is 2. The molecule has 8 heteroatoms. The monoisotopic (exact) mass is 418 g/mol. The van der Waals surface area contributed by atoms with Crippen LogP contribution in [0.5, 0.6) is 5.75 Å². The predicted molar refractivity (Wildman–Crippen MR) is 113 cm³/mol. The zero-order chi connectivity index (χ0) is 20.6. The summed E-state index contributed by atoms with van der Waals surface area (Å²) in [5.74, 6) is 0.560. The van der Waals surface area contributed by atoms with Crippen LogP contribution in [0.1, 0.15) is 0 Å². The molecule has 1 heterocycles. The second kappa shape index (κ2) is 10.2. The molecule has 154 valence electrons. The third-order valence-electron chi connectivity index (χ3n) is 5.01. The van der Waals surface area contributed by atoms with Gasteiger partial charge in [0.1, 0.15) is 31.9 Å². The van der Waals surface area contributed by atoms with Gasteiger partial charge < -0.3 is 25.2 Å². The van der Waals surface area contributed by atoms with E-state index in [4.69, 9.17) is 16.3 Å². The maximum absolute atomic E-state index is 12.4. The first-order chi connectivity index (χ1) is 14.0. The highest BCUT2D eigenvalue weighted by molar-refractivity contribution is 6.33. The van der Waals surface area contributed by atoms with Gasteiger partial charge in [0.15, 0.2) is 13.1 Å². The molecule has 0 unspecified atom stereocenters. The fourth-order valence-corrected chi connectivity index (χ4v) is 3.65. The lowest BCUT2D eigenvalue weighted by Crippen LogP contribution is -3.28. The van der Waals surface area contributed by atoms with Crippen LogP contribution < -0.4 is 25.2 Å². The van der Waals surface area contributed by atoms with Crippen LogP contribution in [-0.2, 0) is 9.59 Å². The van der Waals surface area contributed by atoms with Gasteiger partial charge in [-0.05, 0) is 24.3 Å². The number of carbonyl (C=O) groups excluding carboxylic acids is 2. The summed E-state index contributed by atoms with van der Waals surface area (Å²) in [4.78, 5) is 27.1. The van der Waals surface area contributed by atoms with E-state index >= 15 is 0 Å². The summed E-state index contributed by atoms with van der Waals surface area (Å²) in [5.41, 5.74) is 1.32. The quantitative estimate of drug-likeness (QED) is 0.499. The Morgan fingerprint density at radius 2 is 1.34 bits per heavy atom. The Hall–Kier alpha value is -2.61. The van der Waals surface area contributed by atoms with Crippen LogP contribution in [0.4, 0.5) is 11.4 Å². The molecule has 0 atom stereocenters. The highest BCUT2D eigenvalue weighted by Gasteiger charge is 2.26. The number of hydrogen-bond donors (Lipinski definition) is 4. The van der Waals surface area contributed by atoms with Crippen molar-refractivity contribution in [3.8, 4) is 5.75 Å². The zero-order valence-corrected chi connectivity index (χ0v) is 17.2. The van der Waals surface area contributed by atoms with Crippen LogP contribution in [0.3, 0.4) is 0 Å². The van der Waals surface area contributed by atoms with E-state index in [9.17, 15) is 9.59 Å². The highest BCUT2D eigenvalue weighted by Crippen LogP contribution is 2.22. The average molecular weight is 419 g/mol. The van der Waals surface area contributed by atoms with E-state index in [0.717, 1.165) is 26.2 Å². The van der Waals surface area contributed by atoms with Gasteiger partial charge in [-0.1, -0.05) is 35.9 Å². The third kappa shape index (κ3) is 6.19. The van der Waals surface area contributed by atoms with Crippen molar-refractivity contribution >= 4 is 34.8 Å². The number of anilines is 2. The summed E-state index contributed by atoms with van der Waals surface area (Å²) < 4.78 is 5.27. The van der Waals surface area contributed by atoms with Crippen LogP contribution in [-0.4, -0.2) is 58.2 Å². The van der Waals surface area contributed by atoms with E-state index in [1.54, 1.807) is 19.2 Å². The number of nitrogens with one attached hydrogen (secondary N) is 4. The van der Waals surface area contributed by atoms with E-state index in [0.29, 0.717) is 35.2 Å². The molecule has 0 aliphatic carbocycles. The van der Waals surface area contributed by atoms with Crippen LogP contribution in [0.15, 0.2) is 48.5 Å². The van der Waals surface area contributed by atoms with Crippen LogP contribution in [0.2, 0.25) is 5.02 Å². The topological polar surface area (TPSA) is 76.3 Å². The van der Waals surface area contributed by atoms with Crippen molar-refractivity contribution in [1.82, 2.24) is 0 Å². The smallest absolute Gasteiger partial charge is 0.279 e. The predicted octanol–water partition coefficient (Wildman–Crippen LogP) is -0.291. The third-order valence-corrected chi connectivity index (χ3v) is 5.34. The number of amides is 2. The molecule has 1 fully saturated rings. The molecule has 2 aromatic carbocycles. The molecule has 0 radical (unpaired) electrons. The maximum atomic E-state index is 12.4. The molecule has 1 saturated heterocycles. The van der Waals surface area contributed by atoms with Gasteiger partial charge in [-0.2, -0.15) is 0 Å². The number of carbonyl (C=O) groups is 2. The van der Waals surface area contributed by atoms with Crippen molar-refractivity contribution in [3.05, 3.63) is 53.6 Å². The Balaban J connectivity index is 1.41. The first-order valence-electron chi connectivity index (χ1n) is 9.69. The van der Waals surface area contributed by atoms with Crippen molar-refractivity contribution in [1.29, 1.82) is 0 Å². The van der Waals surface area contributed by atoms with Crippen LogP contribution in [0.25, 0.3) is 0 Å². The standard InChI is InChI=1S/C21H25ClN4O3/c1-29-19-9-5-4-8-18(19)24-21(28)15-26-12-10-25(11-13-26)14-20(27)23-17-7-3-2-6-16(17)22/h2-9H,10-15H2,1H3,(H,23,27)(H,24,28)/p+2. The van der Waals surface area contributed by atoms with E-state index in [1.807, 2.05) is 36.4 Å². The van der Waals surface area contributed by atoms with Gasteiger partial charge in [-0.25, -0.2) is 0 Å². The van der Waals surface area contributed by atoms with Gasteiger partial charge in [-0.3, -0.25) is 9.59 Å². The fraction of sp³-hybridized carbons (Fsp3) is 0.333. The largest absolute Gasteiger partial charge is 0.495 e. The molecule has 1 aliphatic rings. The van der Waals surface area contributed by atoms with Gasteiger partial charge in [0.2, 0.25) is 0 Å². The summed E-state index contributed by atoms with van der Waals surface area (Å²) in [5, 5.41) is 6.31. The number of piperazine rings is 1. The Labute approximate surface area is 175 Å².